The summed E-state index contributed by atoms with van der Waals surface area (Å²) in [5.41, 5.74) is 4.34. The fraction of sp³-hybridized carbons (Fsp3) is 0.125. The summed E-state index contributed by atoms with van der Waals surface area (Å²) in [5, 5.41) is 2.87. The number of nitrogens with one attached hydrogen (secondary N) is 2. The van der Waals surface area contributed by atoms with Crippen LogP contribution in [0.15, 0.2) is 78.9 Å². The van der Waals surface area contributed by atoms with Crippen molar-refractivity contribution in [1.29, 1.82) is 0 Å². The number of anilines is 1. The third kappa shape index (κ3) is 3.33. The molecule has 1 aliphatic rings. The summed E-state index contributed by atoms with van der Waals surface area (Å²) in [6, 6.07) is 24.0. The van der Waals surface area contributed by atoms with Gasteiger partial charge in [-0.05, 0) is 35.4 Å². The molecule has 0 aliphatic carbocycles. The van der Waals surface area contributed by atoms with Gasteiger partial charge >= 0.3 is 0 Å². The molecule has 0 radical (unpaired) electrons. The minimum atomic E-state index is -0.624. The summed E-state index contributed by atoms with van der Waals surface area (Å²) < 4.78 is 0. The highest BCUT2D eigenvalue weighted by Gasteiger charge is 2.35. The Morgan fingerprint density at radius 2 is 1.60 bits per heavy atom. The Labute approximate surface area is 173 Å². The molecule has 2 N–H and O–H groups in total. The Bertz CT molecular complexity index is 1200. The van der Waals surface area contributed by atoms with Crippen molar-refractivity contribution in [2.45, 2.75) is 19.0 Å². The summed E-state index contributed by atoms with van der Waals surface area (Å²) in [4.78, 5) is 35.7. The van der Waals surface area contributed by atoms with E-state index >= 15 is 0 Å². The monoisotopic (exact) mass is 396 g/mol. The van der Waals surface area contributed by atoms with Crippen molar-refractivity contribution < 1.29 is 9.59 Å². The largest absolute Gasteiger partial charge is 0.324 e. The number of H-pyrrole nitrogens is 1. The molecule has 0 bridgehead atoms. The second-order valence-electron chi connectivity index (χ2n) is 7.38. The summed E-state index contributed by atoms with van der Waals surface area (Å²) in [6.07, 6.45) is 0.459. The average molecular weight is 396 g/mol. The second-order valence-corrected chi connectivity index (χ2v) is 7.38. The van der Waals surface area contributed by atoms with Gasteiger partial charge in [0.1, 0.15) is 6.04 Å². The van der Waals surface area contributed by atoms with Crippen LogP contribution in [0.25, 0.3) is 11.0 Å². The van der Waals surface area contributed by atoms with Gasteiger partial charge in [-0.25, -0.2) is 4.98 Å². The standard InChI is InChI=1S/C24H20N4O2/c29-22(27-24-25-19-12-6-7-13-20(19)26-24)21-14-17-10-4-5-11-18(17)15-28(21)23(30)16-8-2-1-3-9-16/h1-13,21H,14-15H2,(H2,25,26,27,29). The van der Waals surface area contributed by atoms with Gasteiger partial charge in [0.15, 0.2) is 0 Å². The van der Waals surface area contributed by atoms with Crippen molar-refractivity contribution in [2.75, 3.05) is 5.32 Å². The zero-order valence-corrected chi connectivity index (χ0v) is 16.2. The molecule has 0 spiro atoms. The molecule has 1 aromatic heterocycles. The Morgan fingerprint density at radius 3 is 2.40 bits per heavy atom. The quantitative estimate of drug-likeness (QED) is 0.553. The molecule has 2 amide bonds. The first kappa shape index (κ1) is 18.1. The molecule has 3 aromatic carbocycles. The third-order valence-electron chi connectivity index (χ3n) is 5.46. The SMILES string of the molecule is O=C(Nc1nc2ccccc2[nH]1)C1Cc2ccccc2CN1C(=O)c1ccccc1. The lowest BCUT2D eigenvalue weighted by Crippen LogP contribution is -2.50. The number of hydrogen-bond acceptors (Lipinski definition) is 3. The van der Waals surface area contributed by atoms with Crippen molar-refractivity contribution in [3.63, 3.8) is 0 Å². The van der Waals surface area contributed by atoms with Crippen LogP contribution in [0.2, 0.25) is 0 Å². The lowest BCUT2D eigenvalue weighted by molar-refractivity contribution is -0.121. The van der Waals surface area contributed by atoms with Crippen LogP contribution in [-0.4, -0.2) is 32.7 Å². The van der Waals surface area contributed by atoms with Crippen molar-refractivity contribution >= 4 is 28.8 Å². The predicted molar refractivity (Wildman–Crippen MR) is 115 cm³/mol. The Hall–Kier alpha value is -3.93. The van der Waals surface area contributed by atoms with Gasteiger partial charge in [-0.1, -0.05) is 54.6 Å². The normalized spacial score (nSPS) is 15.6. The minimum absolute atomic E-state index is 0.158. The van der Waals surface area contributed by atoms with Crippen LogP contribution in [0.1, 0.15) is 21.5 Å². The van der Waals surface area contributed by atoms with E-state index in [0.29, 0.717) is 24.5 Å². The molecule has 0 fully saturated rings. The number of imidazole rings is 1. The van der Waals surface area contributed by atoms with Crippen LogP contribution in [-0.2, 0) is 17.8 Å². The van der Waals surface area contributed by atoms with Gasteiger partial charge in [-0.15, -0.1) is 0 Å². The number of fused-ring (bicyclic) bond motifs is 2. The van der Waals surface area contributed by atoms with Crippen molar-refractivity contribution in [1.82, 2.24) is 14.9 Å². The van der Waals surface area contributed by atoms with Gasteiger partial charge in [-0.3, -0.25) is 14.9 Å². The van der Waals surface area contributed by atoms with Gasteiger partial charge in [0, 0.05) is 18.5 Å². The van der Waals surface area contributed by atoms with Gasteiger partial charge in [0.25, 0.3) is 5.91 Å². The first-order chi connectivity index (χ1) is 14.7. The number of aromatic nitrogens is 2. The van der Waals surface area contributed by atoms with Crippen LogP contribution >= 0.6 is 0 Å². The maximum Gasteiger partial charge on any atom is 0.254 e. The lowest BCUT2D eigenvalue weighted by Gasteiger charge is -2.36. The van der Waals surface area contributed by atoms with Crippen LogP contribution in [0.3, 0.4) is 0 Å². The average Bonchev–Trinajstić information content (AvgIpc) is 3.20. The number of nitrogens with zero attached hydrogens (tertiary/aromatic N) is 2. The second kappa shape index (κ2) is 7.48. The molecule has 30 heavy (non-hydrogen) atoms. The molecular formula is C24H20N4O2. The van der Waals surface area contributed by atoms with Crippen LogP contribution in [0.4, 0.5) is 5.95 Å². The summed E-state index contributed by atoms with van der Waals surface area (Å²) in [7, 11) is 0. The number of hydrogen-bond donors (Lipinski definition) is 2. The zero-order chi connectivity index (χ0) is 20.5. The smallest absolute Gasteiger partial charge is 0.254 e. The Morgan fingerprint density at radius 1 is 0.900 bits per heavy atom. The first-order valence-corrected chi connectivity index (χ1v) is 9.87. The number of para-hydroxylation sites is 2. The molecular weight excluding hydrogens is 376 g/mol. The van der Waals surface area contributed by atoms with E-state index in [-0.39, 0.29) is 11.8 Å². The van der Waals surface area contributed by atoms with Gasteiger partial charge in [0.2, 0.25) is 11.9 Å². The number of benzene rings is 3. The van der Waals surface area contributed by atoms with Crippen molar-refractivity contribution in [3.8, 4) is 0 Å². The van der Waals surface area contributed by atoms with E-state index in [9.17, 15) is 9.59 Å². The molecule has 0 saturated heterocycles. The molecule has 1 aliphatic heterocycles. The van der Waals surface area contributed by atoms with Gasteiger partial charge < -0.3 is 9.88 Å². The number of rotatable bonds is 3. The lowest BCUT2D eigenvalue weighted by atomic mass is 9.93. The molecule has 1 unspecified atom stereocenters. The Kier molecular flexibility index (Phi) is 4.52. The van der Waals surface area contributed by atoms with E-state index in [1.165, 1.54) is 0 Å². The zero-order valence-electron chi connectivity index (χ0n) is 16.2. The maximum atomic E-state index is 13.2. The van der Waals surface area contributed by atoms with Crippen LogP contribution < -0.4 is 5.32 Å². The molecule has 1 atom stereocenters. The molecule has 148 valence electrons. The number of aromatic amines is 1. The minimum Gasteiger partial charge on any atom is -0.324 e. The molecule has 4 aromatic rings. The number of amides is 2. The van der Waals surface area contributed by atoms with E-state index in [4.69, 9.17) is 0 Å². The van der Waals surface area contributed by atoms with E-state index in [1.54, 1.807) is 17.0 Å². The molecule has 2 heterocycles. The van der Waals surface area contributed by atoms with E-state index in [1.807, 2.05) is 66.7 Å². The summed E-state index contributed by atoms with van der Waals surface area (Å²) in [6.45, 7) is 0.391. The predicted octanol–water partition coefficient (Wildman–Crippen LogP) is 3.77. The molecule has 0 saturated carbocycles. The maximum absolute atomic E-state index is 13.2. The highest BCUT2D eigenvalue weighted by Crippen LogP contribution is 2.26. The molecule has 5 rings (SSSR count). The van der Waals surface area contributed by atoms with Gasteiger partial charge in [-0.2, -0.15) is 0 Å². The van der Waals surface area contributed by atoms with Crippen molar-refractivity contribution in [2.24, 2.45) is 0 Å². The number of carbonyl (C=O) groups is 2. The summed E-state index contributed by atoms with van der Waals surface area (Å²) >= 11 is 0. The van der Waals surface area contributed by atoms with Crippen molar-refractivity contribution in [3.05, 3.63) is 95.6 Å². The fourth-order valence-corrected chi connectivity index (χ4v) is 3.93. The van der Waals surface area contributed by atoms with Crippen LogP contribution in [0, 0.1) is 0 Å². The van der Waals surface area contributed by atoms with E-state index in [0.717, 1.165) is 22.2 Å². The van der Waals surface area contributed by atoms with E-state index in [2.05, 4.69) is 15.3 Å². The topological polar surface area (TPSA) is 78.1 Å². The highest BCUT2D eigenvalue weighted by molar-refractivity contribution is 6.01. The van der Waals surface area contributed by atoms with E-state index < -0.39 is 6.04 Å². The summed E-state index contributed by atoms with van der Waals surface area (Å²) in [5.74, 6) is -0.0325. The third-order valence-corrected chi connectivity index (χ3v) is 5.46. The fourth-order valence-electron chi connectivity index (χ4n) is 3.93. The first-order valence-electron chi connectivity index (χ1n) is 9.87. The highest BCUT2D eigenvalue weighted by atomic mass is 16.2. The van der Waals surface area contributed by atoms with Gasteiger partial charge in [0.05, 0.1) is 11.0 Å². The van der Waals surface area contributed by atoms with Crippen LogP contribution in [0.5, 0.6) is 0 Å². The molecule has 6 nitrogen and oxygen atoms in total. The number of carbonyl (C=O) groups excluding carboxylic acids is 2. The molecule has 6 heteroatoms. The Balaban J connectivity index is 1.46.